The Morgan fingerprint density at radius 1 is 0.673 bits per heavy atom. The number of aliphatic hydroxyl groups excluding tert-OH is 2. The van der Waals surface area contributed by atoms with Crippen molar-refractivity contribution < 1.29 is 84.2 Å². The maximum absolute atomic E-state index is 12.9. The molecule has 0 aliphatic carbocycles. The zero-order chi connectivity index (χ0) is 44.3. The van der Waals surface area contributed by atoms with Crippen LogP contribution < -0.4 is 34.5 Å². The molecule has 2 unspecified atom stereocenters. The molecule has 316 valence electrons. The monoisotopic (exact) mass is 814 g/mol. The molecule has 0 saturated carbocycles. The van der Waals surface area contributed by atoms with Crippen molar-refractivity contribution in [1.82, 2.24) is 0 Å². The van der Waals surface area contributed by atoms with Gasteiger partial charge in [-0.2, -0.15) is 0 Å². The van der Waals surface area contributed by atoms with Gasteiger partial charge in [-0.15, -0.1) is 0 Å². The summed E-state index contributed by atoms with van der Waals surface area (Å²) in [5.74, 6) is -2.36. The number of aliphatic hydroxyl groups is 2. The molecule has 0 radical (unpaired) electrons. The molecule has 0 aromatic carbocycles. The molecule has 0 saturated heterocycles. The maximum Gasteiger partial charge on any atom is 1.00 e. The van der Waals surface area contributed by atoms with Crippen LogP contribution >= 0.6 is 7.82 Å². The number of phosphoric acid groups is 1. The minimum atomic E-state index is -5.75. The Balaban J connectivity index is 0. The largest absolute Gasteiger partial charge is 1.00 e. The van der Waals surface area contributed by atoms with Gasteiger partial charge in [0, 0.05) is 12.8 Å². The van der Waals surface area contributed by atoms with Gasteiger partial charge in [0.15, 0.2) is 6.08 Å². The van der Waals surface area contributed by atoms with E-state index in [4.69, 9.17) is 21.4 Å². The van der Waals surface area contributed by atoms with Crippen LogP contribution in [0.3, 0.4) is 0 Å². The van der Waals surface area contributed by atoms with Gasteiger partial charge in [-0.3, -0.25) is 14.2 Å². The van der Waals surface area contributed by atoms with Crippen LogP contribution in [-0.2, 0) is 32.7 Å². The van der Waals surface area contributed by atoms with Crippen molar-refractivity contribution in [1.29, 1.82) is 0 Å². The summed E-state index contributed by atoms with van der Waals surface area (Å²) in [7, 11) is -5.75. The van der Waals surface area contributed by atoms with E-state index in [0.29, 0.717) is 19.3 Å². The summed E-state index contributed by atoms with van der Waals surface area (Å²) in [5.41, 5.74) is 0. The predicted octanol–water partition coefficient (Wildman–Crippen LogP) is 7.54. The Morgan fingerprint density at radius 3 is 1.64 bits per heavy atom. The van der Waals surface area contributed by atoms with Gasteiger partial charge in [-0.25, -0.2) is 0 Å². The number of allylic oxidation sites excluding steroid dienone is 6. The fourth-order valence-corrected chi connectivity index (χ4v) is 6.04. The number of esters is 2. The molecule has 0 rings (SSSR count). The summed E-state index contributed by atoms with van der Waals surface area (Å²) in [5, 5.41) is 18.4. The van der Waals surface area contributed by atoms with Crippen LogP contribution in [0.25, 0.3) is 0 Å². The molecule has 0 spiro atoms. The van der Waals surface area contributed by atoms with Crippen LogP contribution in [0.2, 0.25) is 0 Å². The number of phosphoric ester groups is 1. The molecule has 0 aliphatic heterocycles. The van der Waals surface area contributed by atoms with Gasteiger partial charge in [0.05, 0.1) is 26.6 Å². The van der Waals surface area contributed by atoms with Gasteiger partial charge in [0.1, 0.15) is 12.7 Å². The minimum Gasteiger partial charge on any atom is -0.756 e. The van der Waals surface area contributed by atoms with Gasteiger partial charge >= 0.3 is 41.5 Å². The first-order valence-corrected chi connectivity index (χ1v) is 22.4. The minimum absolute atomic E-state index is 0. The van der Waals surface area contributed by atoms with Crippen molar-refractivity contribution in [3.8, 4) is 0 Å². The summed E-state index contributed by atoms with van der Waals surface area (Å²) in [6, 6.07) is 0. The van der Waals surface area contributed by atoms with E-state index < -0.39 is 58.3 Å². The Hall–Kier alpha value is -0.810. The second-order valence-corrected chi connectivity index (χ2v) is 15.1. The van der Waals surface area contributed by atoms with Crippen LogP contribution in [0.1, 0.15) is 194 Å². The van der Waals surface area contributed by atoms with Crippen molar-refractivity contribution >= 4 is 19.8 Å². The third kappa shape index (κ3) is 42.6. The first-order valence-electron chi connectivity index (χ1n) is 23.4. The molecular weight excluding hydrogens is 730 g/mol. The van der Waals surface area contributed by atoms with E-state index >= 15 is 0 Å². The molecule has 0 bridgehead atoms. The molecule has 10 nitrogen and oxygen atoms in total. The molecule has 3 atom stereocenters. The molecule has 2 N–H and O–H groups in total. The fraction of sp³-hybridized carbons (Fsp3) is 0.814. The molecule has 0 fully saturated rings. The Bertz CT molecular complexity index is 1230. The smallest absolute Gasteiger partial charge is 0.756 e. The normalized spacial score (nSPS) is 16.4. The number of unbranched alkanes of at least 4 members (excludes halogenated alkanes) is 20. The van der Waals surface area contributed by atoms with E-state index in [9.17, 15) is 24.2 Å². The van der Waals surface area contributed by atoms with E-state index in [-0.39, 0.29) is 48.8 Å². The number of hydrogen-bond donors (Lipinski definition) is 2. The molecule has 12 heteroatoms. The van der Waals surface area contributed by atoms with Gasteiger partial charge in [-0.05, 0) is 44.9 Å². The number of carbonyl (C=O) groups excluding carboxylic acids is 2. The van der Waals surface area contributed by atoms with Crippen LogP contribution in [0.4, 0.5) is 0 Å². The number of ether oxygens (including phenoxy) is 2. The summed E-state index contributed by atoms with van der Waals surface area (Å²) in [4.78, 5) is 38.1. The van der Waals surface area contributed by atoms with Gasteiger partial charge < -0.3 is 33.6 Å². The molecule has 0 aromatic heterocycles. The Morgan fingerprint density at radius 2 is 1.13 bits per heavy atom. The number of hydrogen-bond acceptors (Lipinski definition) is 10. The second kappa shape index (κ2) is 42.8. The van der Waals surface area contributed by atoms with Crippen LogP contribution in [0, 0.1) is 0 Å². The average molecular weight is 814 g/mol. The predicted molar refractivity (Wildman–Crippen MR) is 217 cm³/mol. The zero-order valence-corrected chi connectivity index (χ0v) is 37.5. The first-order chi connectivity index (χ1) is 28.1. The van der Waals surface area contributed by atoms with E-state index in [0.717, 1.165) is 83.5 Å². The van der Waals surface area contributed by atoms with Crippen molar-refractivity contribution in [3.05, 3.63) is 36.5 Å². The van der Waals surface area contributed by atoms with Crippen LogP contribution in [0.15, 0.2) is 36.5 Å². The molecule has 0 aliphatic rings. The summed E-state index contributed by atoms with van der Waals surface area (Å²) >= 11 is 0. The SMILES string of the molecule is [2H]C([2H])(OC(=O)CCCCCCCCCCCCCCCC)[C@@]([2H])(OC(=O)CCCCCCCCC/C=C\C/C=C\C/C=C\CC)C([2H])([2H])OP(=O)([O-])OCC(O)CO.[Na+]. The van der Waals surface area contributed by atoms with Gasteiger partial charge in [-0.1, -0.05) is 166 Å². The standard InChI is InChI=1S/C43H79O10P.Na/c1-3-5-7-9-11-13-15-17-19-20-21-23-25-27-29-31-33-35-43(47)53-41(39-52-54(48,49)51-37-40(45)36-44)38-50-42(46)34-32-30-28-26-24-22-18-16-14-12-10-8-6-4-2;/h5,7,11,13,17,19,40-41,44-45H,3-4,6,8-10,12,14-16,18,20-39H2,1-2H3,(H,48,49);/q;+1/p-1/b7-5-,13-11-,19-17-;/t40?,41-;/m1./s1/i38D2,39D2,41D;. The van der Waals surface area contributed by atoms with Gasteiger partial charge in [0.25, 0.3) is 7.82 Å². The molecule has 55 heavy (non-hydrogen) atoms. The van der Waals surface area contributed by atoms with Crippen LogP contribution in [-0.4, -0.2) is 60.7 Å². The van der Waals surface area contributed by atoms with Crippen molar-refractivity contribution in [3.63, 3.8) is 0 Å². The van der Waals surface area contributed by atoms with E-state index in [2.05, 4.69) is 59.4 Å². The molecule has 0 aromatic rings. The third-order valence-corrected chi connectivity index (χ3v) is 9.41. The average Bonchev–Trinajstić information content (AvgIpc) is 3.17. The van der Waals surface area contributed by atoms with E-state index in [1.54, 1.807) is 0 Å². The maximum atomic E-state index is 12.9. The van der Waals surface area contributed by atoms with E-state index in [1.807, 2.05) is 0 Å². The third-order valence-electron chi connectivity index (χ3n) is 8.63. The fourth-order valence-electron chi connectivity index (χ4n) is 5.44. The second-order valence-electron chi connectivity index (χ2n) is 13.8. The summed E-state index contributed by atoms with van der Waals surface area (Å²) in [6.45, 7) is -5.31. The number of carbonyl (C=O) groups is 2. The van der Waals surface area contributed by atoms with Gasteiger partial charge in [0.2, 0.25) is 0 Å². The van der Waals surface area contributed by atoms with Crippen molar-refractivity contribution in [2.45, 2.75) is 199 Å². The summed E-state index contributed by atoms with van der Waals surface area (Å²) in [6.07, 6.45) is 31.6. The quantitative estimate of drug-likeness (QED) is 0.0209. The summed E-state index contributed by atoms with van der Waals surface area (Å²) < 4.78 is 73.0. The van der Waals surface area contributed by atoms with Crippen molar-refractivity contribution in [2.24, 2.45) is 0 Å². The first kappa shape index (κ1) is 46.9. The topological polar surface area (TPSA) is 152 Å². The number of rotatable bonds is 40. The van der Waals surface area contributed by atoms with E-state index in [1.165, 1.54) is 51.4 Å². The Kier molecular flexibility index (Phi) is 36.5. The van der Waals surface area contributed by atoms with Crippen molar-refractivity contribution in [2.75, 3.05) is 26.3 Å². The Labute approximate surface area is 364 Å². The molecule has 0 heterocycles. The van der Waals surface area contributed by atoms with Crippen LogP contribution in [0.5, 0.6) is 0 Å². The molecular formula is C43H78NaO10P. The zero-order valence-electron chi connectivity index (χ0n) is 39.7. The molecule has 0 amide bonds.